The number of anilines is 1. The summed E-state index contributed by atoms with van der Waals surface area (Å²) in [6.45, 7) is 2.98. The maximum atomic E-state index is 12.1. The van der Waals surface area contributed by atoms with Crippen LogP contribution in [0.1, 0.15) is 13.8 Å². The van der Waals surface area contributed by atoms with Crippen LogP contribution in [0.5, 0.6) is 0 Å². The van der Waals surface area contributed by atoms with Crippen molar-refractivity contribution in [2.75, 3.05) is 11.8 Å². The van der Waals surface area contributed by atoms with Gasteiger partial charge in [0.1, 0.15) is 0 Å². The zero-order valence-corrected chi connectivity index (χ0v) is 11.4. The quantitative estimate of drug-likeness (QED) is 0.844. The highest BCUT2D eigenvalue weighted by molar-refractivity contribution is 7.96. The van der Waals surface area contributed by atoms with E-state index in [-0.39, 0.29) is 5.05 Å². The largest absolute Gasteiger partial charge is 0.489 e. The maximum Gasteiger partial charge on any atom is 0.246 e. The van der Waals surface area contributed by atoms with Gasteiger partial charge >= 0.3 is 0 Å². The molecule has 0 radical (unpaired) electrons. The smallest absolute Gasteiger partial charge is 0.246 e. The molecule has 7 heteroatoms. The van der Waals surface area contributed by atoms with Crippen molar-refractivity contribution >= 4 is 33.0 Å². The Morgan fingerprint density at radius 2 is 1.94 bits per heavy atom. The molecule has 1 aromatic rings. The van der Waals surface area contributed by atoms with Crippen LogP contribution in [0.15, 0.2) is 24.5 Å². The van der Waals surface area contributed by atoms with Gasteiger partial charge in [0, 0.05) is 12.4 Å². The number of ether oxygens (including phenoxy) is 1. The summed E-state index contributed by atoms with van der Waals surface area (Å²) in [5.41, 5.74) is 0.437. The highest BCUT2D eigenvalue weighted by atomic mass is 32.2. The number of hydrogen-bond acceptors (Lipinski definition) is 5. The van der Waals surface area contributed by atoms with E-state index in [0.29, 0.717) is 5.69 Å². The van der Waals surface area contributed by atoms with Gasteiger partial charge in [-0.15, -0.1) is 0 Å². The number of nitrogens with zero attached hydrogens (tertiary/aromatic N) is 1. The molecular weight excluding hydrogens is 260 g/mol. The predicted molar refractivity (Wildman–Crippen MR) is 70.5 cm³/mol. The molecule has 0 aliphatic heterocycles. The Morgan fingerprint density at radius 1 is 1.41 bits per heavy atom. The fourth-order valence-corrected chi connectivity index (χ4v) is 2.39. The number of rotatable bonds is 4. The third-order valence-electron chi connectivity index (χ3n) is 2.28. The first-order chi connectivity index (χ1) is 7.81. The van der Waals surface area contributed by atoms with E-state index >= 15 is 0 Å². The molecule has 0 atom stereocenters. The Kier molecular flexibility index (Phi) is 4.05. The second-order valence-electron chi connectivity index (χ2n) is 3.84. The minimum absolute atomic E-state index is 0.0130. The Labute approximate surface area is 106 Å². The minimum Gasteiger partial charge on any atom is -0.489 e. The molecule has 94 valence electrons. The SMILES string of the molecule is COC(=S)C(C)(C)S(=O)(=O)Nc1ccncc1. The van der Waals surface area contributed by atoms with E-state index in [9.17, 15) is 8.42 Å². The number of methoxy groups -OCH3 is 1. The topological polar surface area (TPSA) is 68.3 Å². The second kappa shape index (κ2) is 4.97. The molecule has 1 aromatic heterocycles. The van der Waals surface area contributed by atoms with Crippen LogP contribution >= 0.6 is 12.2 Å². The molecule has 0 bridgehead atoms. The van der Waals surface area contributed by atoms with Crippen LogP contribution in [-0.2, 0) is 14.8 Å². The molecule has 0 aliphatic rings. The number of pyridine rings is 1. The lowest BCUT2D eigenvalue weighted by molar-refractivity contribution is 0.390. The number of hydrogen-bond donors (Lipinski definition) is 1. The van der Waals surface area contributed by atoms with E-state index < -0.39 is 14.8 Å². The first-order valence-electron chi connectivity index (χ1n) is 4.82. The van der Waals surface area contributed by atoms with Gasteiger partial charge in [0.25, 0.3) is 0 Å². The zero-order chi connectivity index (χ0) is 13.1. The average molecular weight is 274 g/mol. The highest BCUT2D eigenvalue weighted by Gasteiger charge is 2.40. The van der Waals surface area contributed by atoms with Gasteiger partial charge in [0.2, 0.25) is 10.0 Å². The van der Waals surface area contributed by atoms with Crippen LogP contribution in [0.4, 0.5) is 5.69 Å². The number of sulfonamides is 1. The molecule has 0 spiro atoms. The van der Waals surface area contributed by atoms with E-state index in [4.69, 9.17) is 17.0 Å². The normalized spacial score (nSPS) is 11.9. The van der Waals surface area contributed by atoms with Crippen LogP contribution < -0.4 is 4.72 Å². The van der Waals surface area contributed by atoms with Crippen LogP contribution in [0.2, 0.25) is 0 Å². The molecule has 5 nitrogen and oxygen atoms in total. The van der Waals surface area contributed by atoms with Gasteiger partial charge in [0.05, 0.1) is 12.8 Å². The van der Waals surface area contributed by atoms with E-state index in [1.165, 1.54) is 33.4 Å². The molecule has 0 saturated heterocycles. The summed E-state index contributed by atoms with van der Waals surface area (Å²) in [5, 5.41) is 0.0130. The highest BCUT2D eigenvalue weighted by Crippen LogP contribution is 2.22. The van der Waals surface area contributed by atoms with E-state index in [2.05, 4.69) is 9.71 Å². The summed E-state index contributed by atoms with van der Waals surface area (Å²) in [6.07, 6.45) is 3.00. The lowest BCUT2D eigenvalue weighted by atomic mass is 10.2. The van der Waals surface area contributed by atoms with E-state index in [1.807, 2.05) is 0 Å². The molecule has 0 amide bonds. The number of thiocarbonyl (C=S) groups is 1. The summed E-state index contributed by atoms with van der Waals surface area (Å²) in [6, 6.07) is 3.12. The van der Waals surface area contributed by atoms with Gasteiger partial charge in [-0.1, -0.05) is 0 Å². The maximum absolute atomic E-state index is 12.1. The second-order valence-corrected chi connectivity index (χ2v) is 6.45. The molecule has 17 heavy (non-hydrogen) atoms. The molecule has 0 fully saturated rings. The van der Waals surface area contributed by atoms with Crippen LogP contribution in [0.3, 0.4) is 0 Å². The van der Waals surface area contributed by atoms with Crippen molar-refractivity contribution in [2.45, 2.75) is 18.6 Å². The lowest BCUT2D eigenvalue weighted by Gasteiger charge is -2.24. The molecule has 0 aliphatic carbocycles. The molecule has 0 unspecified atom stereocenters. The van der Waals surface area contributed by atoms with Crippen molar-refractivity contribution in [1.82, 2.24) is 4.98 Å². The van der Waals surface area contributed by atoms with E-state index in [0.717, 1.165) is 0 Å². The first kappa shape index (κ1) is 13.9. The zero-order valence-electron chi connectivity index (χ0n) is 9.80. The number of aromatic nitrogens is 1. The molecular formula is C10H14N2O3S2. The van der Waals surface area contributed by atoms with Crippen LogP contribution in [0.25, 0.3) is 0 Å². The van der Waals surface area contributed by atoms with Gasteiger partial charge in [-0.25, -0.2) is 8.42 Å². The lowest BCUT2D eigenvalue weighted by Crippen LogP contribution is -2.44. The van der Waals surface area contributed by atoms with Crippen molar-refractivity contribution in [3.8, 4) is 0 Å². The van der Waals surface area contributed by atoms with Gasteiger partial charge < -0.3 is 4.74 Å². The fraction of sp³-hybridized carbons (Fsp3) is 0.400. The van der Waals surface area contributed by atoms with Crippen molar-refractivity contribution in [3.63, 3.8) is 0 Å². The summed E-state index contributed by atoms with van der Waals surface area (Å²) in [4.78, 5) is 3.80. The van der Waals surface area contributed by atoms with Gasteiger partial charge in [-0.05, 0) is 38.2 Å². The summed E-state index contributed by atoms with van der Waals surface area (Å²) >= 11 is 4.90. The first-order valence-corrected chi connectivity index (χ1v) is 6.71. The summed E-state index contributed by atoms with van der Waals surface area (Å²) < 4.78 is 30.2. The molecule has 1 rings (SSSR count). The van der Waals surface area contributed by atoms with Crippen molar-refractivity contribution in [2.24, 2.45) is 0 Å². The fourth-order valence-electron chi connectivity index (χ4n) is 1.06. The molecule has 0 saturated carbocycles. The van der Waals surface area contributed by atoms with Crippen molar-refractivity contribution in [3.05, 3.63) is 24.5 Å². The third kappa shape index (κ3) is 2.92. The van der Waals surface area contributed by atoms with Crippen LogP contribution in [0, 0.1) is 0 Å². The van der Waals surface area contributed by atoms with Gasteiger partial charge in [0.15, 0.2) is 9.80 Å². The van der Waals surface area contributed by atoms with E-state index in [1.54, 1.807) is 12.1 Å². The Morgan fingerprint density at radius 3 is 2.41 bits per heavy atom. The Bertz CT molecular complexity index is 498. The molecule has 1 N–H and O–H groups in total. The van der Waals surface area contributed by atoms with Crippen LogP contribution in [-0.4, -0.2) is 30.3 Å². The van der Waals surface area contributed by atoms with Gasteiger partial charge in [-0.3, -0.25) is 9.71 Å². The molecule has 0 aromatic carbocycles. The van der Waals surface area contributed by atoms with Crippen molar-refractivity contribution < 1.29 is 13.2 Å². The number of nitrogens with one attached hydrogen (secondary N) is 1. The summed E-state index contributed by atoms with van der Waals surface area (Å²) in [7, 11) is -2.31. The average Bonchev–Trinajstić information content (AvgIpc) is 2.28. The third-order valence-corrected chi connectivity index (χ3v) is 5.12. The standard InChI is InChI=1S/C10H14N2O3S2/c1-10(2,9(16)15-3)17(13,14)12-8-4-6-11-7-5-8/h4-7H,1-3H3,(H,11,12). The molecule has 1 heterocycles. The summed E-state index contributed by atoms with van der Waals surface area (Å²) in [5.74, 6) is 0. The Balaban J connectivity index is 3.01. The Hall–Kier alpha value is -1.21. The minimum atomic E-state index is -3.67. The predicted octanol–water partition coefficient (Wildman–Crippen LogP) is 1.58. The monoisotopic (exact) mass is 274 g/mol. The van der Waals surface area contributed by atoms with Gasteiger partial charge in [-0.2, -0.15) is 0 Å². The van der Waals surface area contributed by atoms with Crippen molar-refractivity contribution in [1.29, 1.82) is 0 Å².